The van der Waals surface area contributed by atoms with Gasteiger partial charge in [0.1, 0.15) is 5.75 Å². The van der Waals surface area contributed by atoms with Gasteiger partial charge in [-0.1, -0.05) is 65.2 Å². The molecule has 0 spiro atoms. The van der Waals surface area contributed by atoms with Crippen LogP contribution < -0.4 is 15.2 Å². The van der Waals surface area contributed by atoms with Crippen molar-refractivity contribution in [3.05, 3.63) is 53.1 Å². The first-order chi connectivity index (χ1) is 18.0. The molecule has 1 atom stereocenters. The first-order valence-electron chi connectivity index (χ1n) is 13.3. The zero-order chi connectivity index (χ0) is 29.6. The normalized spacial score (nSPS) is 13.4. The fourth-order valence-corrected chi connectivity index (χ4v) is 6.30. The molecule has 0 aliphatic carbocycles. The summed E-state index contributed by atoms with van der Waals surface area (Å²) in [5.74, 6) is -0.316. The van der Waals surface area contributed by atoms with Gasteiger partial charge in [0.05, 0.1) is 23.0 Å². The third kappa shape index (κ3) is 9.32. The van der Waals surface area contributed by atoms with E-state index in [1.165, 1.54) is 7.11 Å². The van der Waals surface area contributed by atoms with E-state index >= 15 is 0 Å². The van der Waals surface area contributed by atoms with Crippen LogP contribution in [0.15, 0.2) is 41.3 Å². The maximum Gasteiger partial charge on any atom is 0.224 e. The molecule has 0 radical (unpaired) electrons. The number of nitrogens with two attached hydrogens (primary N) is 1. The second-order valence-electron chi connectivity index (χ2n) is 11.4. The SMILES string of the molecule is CCCCCC(CC(=O)Nc1cc(CS(N)(=O)=O)ccc1C(C)(C)C)c1ccc(S(=O)(=O)C(C)C)cc1OC. The molecule has 2 rings (SSSR count). The number of ether oxygens (including phenoxy) is 1. The fraction of sp³-hybridized carbons (Fsp3) is 0.552. The minimum absolute atomic E-state index is 0.152. The molecule has 0 aliphatic heterocycles. The first-order valence-corrected chi connectivity index (χ1v) is 16.6. The second kappa shape index (κ2) is 13.3. The van der Waals surface area contributed by atoms with Crippen molar-refractivity contribution >= 4 is 31.5 Å². The lowest BCUT2D eigenvalue weighted by Crippen LogP contribution is -2.21. The first kappa shape index (κ1) is 32.8. The highest BCUT2D eigenvalue weighted by Gasteiger charge is 2.26. The van der Waals surface area contributed by atoms with Crippen molar-refractivity contribution in [3.63, 3.8) is 0 Å². The molecule has 0 saturated carbocycles. The number of carbonyl (C=O) groups is 1. The molecule has 39 heavy (non-hydrogen) atoms. The smallest absolute Gasteiger partial charge is 0.224 e. The molecule has 0 heterocycles. The molecule has 2 aromatic carbocycles. The minimum Gasteiger partial charge on any atom is -0.496 e. The highest BCUT2D eigenvalue weighted by atomic mass is 32.2. The van der Waals surface area contributed by atoms with Gasteiger partial charge in [-0.05, 0) is 66.5 Å². The number of benzene rings is 2. The number of sulfonamides is 1. The Bertz CT molecular complexity index is 1360. The predicted molar refractivity (Wildman–Crippen MR) is 157 cm³/mol. The zero-order valence-electron chi connectivity index (χ0n) is 24.2. The van der Waals surface area contributed by atoms with Gasteiger partial charge in [0.2, 0.25) is 15.9 Å². The molecule has 8 nitrogen and oxygen atoms in total. The van der Waals surface area contributed by atoms with E-state index in [0.29, 0.717) is 17.0 Å². The van der Waals surface area contributed by atoms with Gasteiger partial charge < -0.3 is 10.1 Å². The van der Waals surface area contributed by atoms with Gasteiger partial charge in [0.25, 0.3) is 0 Å². The van der Waals surface area contributed by atoms with E-state index in [2.05, 4.69) is 12.2 Å². The van der Waals surface area contributed by atoms with Crippen LogP contribution >= 0.6 is 0 Å². The molecule has 0 aromatic heterocycles. The van der Waals surface area contributed by atoms with E-state index in [0.717, 1.165) is 36.8 Å². The second-order valence-corrected chi connectivity index (χ2v) is 15.5. The summed E-state index contributed by atoms with van der Waals surface area (Å²) in [6.07, 6.45) is 3.81. The predicted octanol–water partition coefficient (Wildman–Crippen LogP) is 5.66. The summed E-state index contributed by atoms with van der Waals surface area (Å²) in [5, 5.41) is 7.69. The average Bonchev–Trinajstić information content (AvgIpc) is 2.81. The lowest BCUT2D eigenvalue weighted by molar-refractivity contribution is -0.116. The van der Waals surface area contributed by atoms with Crippen LogP contribution in [-0.4, -0.2) is 35.1 Å². The van der Waals surface area contributed by atoms with Crippen molar-refractivity contribution in [2.24, 2.45) is 5.14 Å². The summed E-state index contributed by atoms with van der Waals surface area (Å²) in [4.78, 5) is 13.6. The Balaban J connectivity index is 2.44. The van der Waals surface area contributed by atoms with Crippen molar-refractivity contribution in [2.75, 3.05) is 12.4 Å². The number of unbranched alkanes of at least 4 members (excludes halogenated alkanes) is 2. The lowest BCUT2D eigenvalue weighted by atomic mass is 9.85. The molecule has 218 valence electrons. The van der Waals surface area contributed by atoms with E-state index in [4.69, 9.17) is 9.88 Å². The number of methoxy groups -OCH3 is 1. The number of amides is 1. The molecule has 10 heteroatoms. The van der Waals surface area contributed by atoms with E-state index < -0.39 is 25.1 Å². The van der Waals surface area contributed by atoms with Crippen molar-refractivity contribution in [3.8, 4) is 5.75 Å². The number of nitrogens with one attached hydrogen (secondary N) is 1. The molecule has 2 aromatic rings. The van der Waals surface area contributed by atoms with Crippen LogP contribution in [0.5, 0.6) is 5.75 Å². The Kier molecular flexibility index (Phi) is 11.2. The summed E-state index contributed by atoms with van der Waals surface area (Å²) in [5.41, 5.74) is 2.39. The third-order valence-corrected chi connectivity index (χ3v) is 9.60. The number of anilines is 1. The van der Waals surface area contributed by atoms with Gasteiger partial charge >= 0.3 is 0 Å². The molecule has 0 saturated heterocycles. The molecular weight excluding hydrogens is 536 g/mol. The highest BCUT2D eigenvalue weighted by Crippen LogP contribution is 2.36. The summed E-state index contributed by atoms with van der Waals surface area (Å²) in [6, 6.07) is 10.1. The topological polar surface area (TPSA) is 133 Å². The molecule has 3 N–H and O–H groups in total. The van der Waals surface area contributed by atoms with Crippen molar-refractivity contribution in [1.82, 2.24) is 0 Å². The Morgan fingerprint density at radius 1 is 1.03 bits per heavy atom. The summed E-state index contributed by atoms with van der Waals surface area (Å²) in [6.45, 7) is 11.4. The molecule has 1 unspecified atom stereocenters. The number of hydrogen-bond acceptors (Lipinski definition) is 6. The van der Waals surface area contributed by atoms with Gasteiger partial charge in [-0.25, -0.2) is 22.0 Å². The van der Waals surface area contributed by atoms with Gasteiger partial charge in [-0.15, -0.1) is 0 Å². The standard InChI is InChI=1S/C29H44N2O6S2/c1-8-9-10-11-22(24-14-13-23(18-27(24)37-7)39(35,36)20(2)3)17-28(32)31-26-16-21(19-38(30,33)34)12-15-25(26)29(4,5)6/h12-16,18,20,22H,8-11,17,19H2,1-7H3,(H,31,32)(H2,30,33,34). The molecule has 0 fully saturated rings. The van der Waals surface area contributed by atoms with Crippen LogP contribution in [0.4, 0.5) is 5.69 Å². The summed E-state index contributed by atoms with van der Waals surface area (Å²) in [7, 11) is -5.72. The largest absolute Gasteiger partial charge is 0.496 e. The molecular formula is C29H44N2O6S2. The number of primary sulfonamides is 1. The maximum atomic E-state index is 13.4. The van der Waals surface area contributed by atoms with Gasteiger partial charge in [-0.2, -0.15) is 0 Å². The van der Waals surface area contributed by atoms with Crippen LogP contribution in [0.25, 0.3) is 0 Å². The summed E-state index contributed by atoms with van der Waals surface area (Å²) >= 11 is 0. The Labute approximate surface area is 234 Å². The van der Waals surface area contributed by atoms with Crippen molar-refractivity contribution < 1.29 is 26.4 Å². The molecule has 0 bridgehead atoms. The van der Waals surface area contributed by atoms with Crippen LogP contribution in [-0.2, 0) is 35.8 Å². The van der Waals surface area contributed by atoms with E-state index in [1.807, 2.05) is 26.8 Å². The lowest BCUT2D eigenvalue weighted by Gasteiger charge is -2.25. The van der Waals surface area contributed by atoms with Crippen LogP contribution in [0.1, 0.15) is 96.3 Å². The molecule has 1 amide bonds. The monoisotopic (exact) mass is 580 g/mol. The van der Waals surface area contributed by atoms with Gasteiger partial charge in [0.15, 0.2) is 9.84 Å². The number of rotatable bonds is 13. The average molecular weight is 581 g/mol. The van der Waals surface area contributed by atoms with Crippen LogP contribution in [0, 0.1) is 0 Å². The quantitative estimate of drug-likeness (QED) is 0.294. The van der Waals surface area contributed by atoms with Crippen LogP contribution in [0.2, 0.25) is 0 Å². The zero-order valence-corrected chi connectivity index (χ0v) is 25.8. The number of hydrogen-bond donors (Lipinski definition) is 2. The van der Waals surface area contributed by atoms with E-state index in [-0.39, 0.29) is 34.3 Å². The Hall–Kier alpha value is -2.43. The van der Waals surface area contributed by atoms with E-state index in [1.54, 1.807) is 44.2 Å². The van der Waals surface area contributed by atoms with Crippen molar-refractivity contribution in [2.45, 2.75) is 101 Å². The third-order valence-electron chi connectivity index (χ3n) is 6.72. The van der Waals surface area contributed by atoms with Gasteiger partial charge in [-0.3, -0.25) is 4.79 Å². The van der Waals surface area contributed by atoms with Crippen LogP contribution in [0.3, 0.4) is 0 Å². The maximum absolute atomic E-state index is 13.4. The van der Waals surface area contributed by atoms with E-state index in [9.17, 15) is 21.6 Å². The van der Waals surface area contributed by atoms with Gasteiger partial charge in [0, 0.05) is 12.1 Å². The number of carbonyl (C=O) groups excluding carboxylic acids is 1. The summed E-state index contributed by atoms with van der Waals surface area (Å²) < 4.78 is 54.4. The highest BCUT2D eigenvalue weighted by molar-refractivity contribution is 7.92. The Morgan fingerprint density at radius 2 is 1.69 bits per heavy atom. The number of sulfone groups is 1. The van der Waals surface area contributed by atoms with Crippen molar-refractivity contribution in [1.29, 1.82) is 0 Å². The fourth-order valence-electron chi connectivity index (χ4n) is 4.58. The Morgan fingerprint density at radius 3 is 2.23 bits per heavy atom. The minimum atomic E-state index is -3.74. The molecule has 0 aliphatic rings.